The van der Waals surface area contributed by atoms with Gasteiger partial charge >= 0.3 is 0 Å². The van der Waals surface area contributed by atoms with E-state index < -0.39 is 11.6 Å². The van der Waals surface area contributed by atoms with Gasteiger partial charge in [0.05, 0.1) is 24.3 Å². The highest BCUT2D eigenvalue weighted by Crippen LogP contribution is 2.30. The fourth-order valence-electron chi connectivity index (χ4n) is 4.19. The molecular formula is C32H38O6. The molecule has 2 N–H and O–H groups in total. The Kier molecular flexibility index (Phi) is 11.2. The number of carbonyl (C=O) groups excluding carboxylic acids is 2. The van der Waals surface area contributed by atoms with Crippen LogP contribution in [0.25, 0.3) is 0 Å². The fourth-order valence-corrected chi connectivity index (χ4v) is 4.19. The Morgan fingerprint density at radius 2 is 1.00 bits per heavy atom. The molecule has 0 aliphatic heterocycles. The summed E-state index contributed by atoms with van der Waals surface area (Å²) < 4.78 is 11.4. The van der Waals surface area contributed by atoms with E-state index in [1.807, 2.05) is 0 Å². The van der Waals surface area contributed by atoms with E-state index in [0.29, 0.717) is 24.7 Å². The van der Waals surface area contributed by atoms with Crippen molar-refractivity contribution in [3.8, 4) is 23.0 Å². The Balaban J connectivity index is 1.74. The third kappa shape index (κ3) is 7.85. The molecule has 202 valence electrons. The van der Waals surface area contributed by atoms with E-state index in [1.54, 1.807) is 24.3 Å². The predicted molar refractivity (Wildman–Crippen MR) is 149 cm³/mol. The van der Waals surface area contributed by atoms with Crippen molar-refractivity contribution in [3.63, 3.8) is 0 Å². The van der Waals surface area contributed by atoms with Crippen LogP contribution in [0.4, 0.5) is 0 Å². The van der Waals surface area contributed by atoms with Gasteiger partial charge in [0.2, 0.25) is 0 Å². The first-order valence-corrected chi connectivity index (χ1v) is 13.6. The second-order valence-electron chi connectivity index (χ2n) is 9.38. The second-order valence-corrected chi connectivity index (χ2v) is 9.38. The SMILES string of the molecule is CCCCCCOc1ccc(C(=O)c2ccccc2C(=O)c2ccc(OCCCCCC)cc2O)c(O)c1. The van der Waals surface area contributed by atoms with E-state index in [1.165, 1.54) is 36.4 Å². The lowest BCUT2D eigenvalue weighted by Crippen LogP contribution is -2.11. The van der Waals surface area contributed by atoms with Gasteiger partial charge in [0.15, 0.2) is 11.6 Å². The first kappa shape index (κ1) is 28.8. The summed E-state index contributed by atoms with van der Waals surface area (Å²) in [5.74, 6) is -0.451. The highest BCUT2D eigenvalue weighted by Gasteiger charge is 2.23. The van der Waals surface area contributed by atoms with E-state index in [0.717, 1.165) is 51.4 Å². The molecule has 0 aliphatic rings. The molecule has 0 saturated carbocycles. The van der Waals surface area contributed by atoms with Gasteiger partial charge in [0.1, 0.15) is 23.0 Å². The van der Waals surface area contributed by atoms with Gasteiger partial charge in [0, 0.05) is 23.3 Å². The van der Waals surface area contributed by atoms with Crippen LogP contribution in [0.3, 0.4) is 0 Å². The highest BCUT2D eigenvalue weighted by atomic mass is 16.5. The molecule has 6 nitrogen and oxygen atoms in total. The lowest BCUT2D eigenvalue weighted by molar-refractivity contribution is 0.1000. The smallest absolute Gasteiger partial charge is 0.197 e. The molecule has 0 bridgehead atoms. The van der Waals surface area contributed by atoms with Gasteiger partial charge < -0.3 is 19.7 Å². The molecule has 0 spiro atoms. The van der Waals surface area contributed by atoms with Gasteiger partial charge in [0.25, 0.3) is 0 Å². The molecule has 0 unspecified atom stereocenters. The van der Waals surface area contributed by atoms with Crippen molar-refractivity contribution in [2.45, 2.75) is 65.2 Å². The van der Waals surface area contributed by atoms with Crippen molar-refractivity contribution in [1.29, 1.82) is 0 Å². The molecule has 3 rings (SSSR count). The number of aromatic hydroxyl groups is 2. The number of phenolic OH excluding ortho intramolecular Hbond substituents is 2. The van der Waals surface area contributed by atoms with Gasteiger partial charge in [-0.05, 0) is 37.1 Å². The molecule has 0 atom stereocenters. The summed E-state index contributed by atoms with van der Waals surface area (Å²) in [4.78, 5) is 26.7. The summed E-state index contributed by atoms with van der Waals surface area (Å²) >= 11 is 0. The van der Waals surface area contributed by atoms with Gasteiger partial charge in [-0.3, -0.25) is 9.59 Å². The zero-order valence-electron chi connectivity index (χ0n) is 22.4. The van der Waals surface area contributed by atoms with Gasteiger partial charge in [-0.2, -0.15) is 0 Å². The molecule has 0 aliphatic carbocycles. The minimum atomic E-state index is -0.493. The minimum absolute atomic E-state index is 0.0691. The van der Waals surface area contributed by atoms with Crippen LogP contribution in [0.15, 0.2) is 60.7 Å². The molecular weight excluding hydrogens is 480 g/mol. The van der Waals surface area contributed by atoms with Crippen LogP contribution in [-0.2, 0) is 0 Å². The second kappa shape index (κ2) is 14.8. The first-order chi connectivity index (χ1) is 18.5. The zero-order chi connectivity index (χ0) is 27.3. The maximum absolute atomic E-state index is 13.4. The van der Waals surface area contributed by atoms with E-state index in [9.17, 15) is 19.8 Å². The van der Waals surface area contributed by atoms with E-state index in [-0.39, 0.29) is 33.8 Å². The fraction of sp³-hybridized carbons (Fsp3) is 0.375. The summed E-state index contributed by atoms with van der Waals surface area (Å²) in [5, 5.41) is 21.1. The number of ether oxygens (including phenoxy) is 2. The Bertz CT molecular complexity index is 1120. The van der Waals surface area contributed by atoms with Gasteiger partial charge in [-0.15, -0.1) is 0 Å². The van der Waals surface area contributed by atoms with Gasteiger partial charge in [-0.1, -0.05) is 76.6 Å². The van der Waals surface area contributed by atoms with E-state index in [4.69, 9.17) is 9.47 Å². The van der Waals surface area contributed by atoms with Gasteiger partial charge in [-0.25, -0.2) is 0 Å². The average molecular weight is 519 g/mol. The molecule has 0 aromatic heterocycles. The molecule has 6 heteroatoms. The summed E-state index contributed by atoms with van der Waals surface area (Å²) in [6.07, 6.45) is 8.57. The maximum atomic E-state index is 13.4. The van der Waals surface area contributed by atoms with Crippen LogP contribution < -0.4 is 9.47 Å². The van der Waals surface area contributed by atoms with Crippen molar-refractivity contribution < 1.29 is 29.3 Å². The average Bonchev–Trinajstić information content (AvgIpc) is 2.92. The minimum Gasteiger partial charge on any atom is -0.507 e. The lowest BCUT2D eigenvalue weighted by atomic mass is 9.92. The maximum Gasteiger partial charge on any atom is 0.197 e. The van der Waals surface area contributed by atoms with Crippen LogP contribution in [-0.4, -0.2) is 35.0 Å². The summed E-state index contributed by atoms with van der Waals surface area (Å²) in [5.41, 5.74) is 0.410. The van der Waals surface area contributed by atoms with E-state index >= 15 is 0 Å². The number of ketones is 2. The quantitative estimate of drug-likeness (QED) is 0.151. The van der Waals surface area contributed by atoms with Crippen LogP contribution in [0.1, 0.15) is 97.1 Å². The molecule has 0 heterocycles. The number of carbonyl (C=O) groups is 2. The Labute approximate surface area is 225 Å². The van der Waals surface area contributed by atoms with Crippen LogP contribution in [0, 0.1) is 0 Å². The number of hydrogen-bond acceptors (Lipinski definition) is 6. The molecule has 0 radical (unpaired) electrons. The summed E-state index contributed by atoms with van der Waals surface area (Å²) in [6, 6.07) is 15.5. The van der Waals surface area contributed by atoms with Crippen molar-refractivity contribution in [2.75, 3.05) is 13.2 Å². The standard InChI is InChI=1S/C32H38O6/c1-3-5-7-11-19-37-23-15-17-27(29(33)21-23)31(35)25-13-9-10-14-26(25)32(36)28-18-16-24(22-30(28)34)38-20-12-8-6-4-2/h9-10,13-18,21-22,33-34H,3-8,11-12,19-20H2,1-2H3. The Morgan fingerprint density at radius 1 is 0.579 bits per heavy atom. The number of phenols is 2. The Hall–Kier alpha value is -3.80. The number of unbranched alkanes of at least 4 members (excludes halogenated alkanes) is 6. The monoisotopic (exact) mass is 518 g/mol. The third-order valence-corrected chi connectivity index (χ3v) is 6.38. The van der Waals surface area contributed by atoms with Crippen LogP contribution >= 0.6 is 0 Å². The molecule has 0 saturated heterocycles. The number of benzene rings is 3. The molecule has 3 aromatic carbocycles. The lowest BCUT2D eigenvalue weighted by Gasteiger charge is -2.12. The zero-order valence-corrected chi connectivity index (χ0v) is 22.4. The molecule has 38 heavy (non-hydrogen) atoms. The number of hydrogen-bond donors (Lipinski definition) is 2. The normalized spacial score (nSPS) is 10.8. The topological polar surface area (TPSA) is 93.1 Å². The largest absolute Gasteiger partial charge is 0.507 e. The van der Waals surface area contributed by atoms with Crippen LogP contribution in [0.2, 0.25) is 0 Å². The van der Waals surface area contributed by atoms with Crippen molar-refractivity contribution in [3.05, 3.63) is 82.9 Å². The molecule has 0 fully saturated rings. The number of rotatable bonds is 16. The van der Waals surface area contributed by atoms with Crippen molar-refractivity contribution >= 4 is 11.6 Å². The van der Waals surface area contributed by atoms with Crippen LogP contribution in [0.5, 0.6) is 23.0 Å². The predicted octanol–water partition coefficient (Wildman–Crippen LogP) is 7.48. The summed E-state index contributed by atoms with van der Waals surface area (Å²) in [7, 11) is 0. The van der Waals surface area contributed by atoms with E-state index in [2.05, 4.69) is 13.8 Å². The third-order valence-electron chi connectivity index (χ3n) is 6.38. The highest BCUT2D eigenvalue weighted by molar-refractivity contribution is 6.20. The first-order valence-electron chi connectivity index (χ1n) is 13.6. The van der Waals surface area contributed by atoms with Crippen molar-refractivity contribution in [2.24, 2.45) is 0 Å². The molecule has 0 amide bonds. The molecule has 3 aromatic rings. The summed E-state index contributed by atoms with van der Waals surface area (Å²) in [6.45, 7) is 5.36. The Morgan fingerprint density at radius 3 is 1.37 bits per heavy atom. The van der Waals surface area contributed by atoms with Crippen molar-refractivity contribution in [1.82, 2.24) is 0 Å².